The largest absolute Gasteiger partial charge is 0.327 e. The van der Waals surface area contributed by atoms with Gasteiger partial charge >= 0.3 is 0 Å². The van der Waals surface area contributed by atoms with Crippen LogP contribution >= 0.6 is 23.2 Å². The average molecular weight is 203 g/mol. The van der Waals surface area contributed by atoms with E-state index >= 15 is 0 Å². The fraction of sp³-hybridized carbons (Fsp3) is 0.375. The van der Waals surface area contributed by atoms with Gasteiger partial charge in [-0.2, -0.15) is 0 Å². The summed E-state index contributed by atoms with van der Waals surface area (Å²) in [6.45, 7) is 0. The third-order valence-electron chi connectivity index (χ3n) is 2.08. The van der Waals surface area contributed by atoms with E-state index in [-0.39, 0.29) is 6.04 Å². The van der Waals surface area contributed by atoms with Gasteiger partial charge in [-0.05, 0) is 18.1 Å². The van der Waals surface area contributed by atoms with Crippen molar-refractivity contribution in [2.75, 3.05) is 0 Å². The van der Waals surface area contributed by atoms with E-state index in [4.69, 9.17) is 28.9 Å². The summed E-state index contributed by atoms with van der Waals surface area (Å²) in [6.07, 6.45) is 1.00. The molecule has 0 spiro atoms. The van der Waals surface area contributed by atoms with E-state index in [1.165, 1.54) is 0 Å². The lowest BCUT2D eigenvalue weighted by Crippen LogP contribution is -2.01. The van der Waals surface area contributed by atoms with E-state index in [9.17, 15) is 0 Å². The minimum absolute atomic E-state index is 0.255. The maximum Gasteiger partial charge on any atom is 0.134 e. The Bertz CT molecular complexity index is 314. The molecule has 2 N–H and O–H groups in total. The third kappa shape index (κ3) is 1.42. The Kier molecular flexibility index (Phi) is 1.99. The summed E-state index contributed by atoms with van der Waals surface area (Å²) in [4.78, 5) is 3.94. The molecule has 2 nitrogen and oxygen atoms in total. The first-order chi connectivity index (χ1) is 5.68. The van der Waals surface area contributed by atoms with Gasteiger partial charge < -0.3 is 5.73 Å². The summed E-state index contributed by atoms with van der Waals surface area (Å²) >= 11 is 11.5. The van der Waals surface area contributed by atoms with Crippen molar-refractivity contribution >= 4 is 23.2 Å². The van der Waals surface area contributed by atoms with Gasteiger partial charge in [0.15, 0.2) is 0 Å². The van der Waals surface area contributed by atoms with Gasteiger partial charge in [-0.25, -0.2) is 4.98 Å². The van der Waals surface area contributed by atoms with Gasteiger partial charge in [-0.15, -0.1) is 0 Å². The van der Waals surface area contributed by atoms with Crippen LogP contribution in [0.1, 0.15) is 17.9 Å². The molecule has 2 atom stereocenters. The smallest absolute Gasteiger partial charge is 0.134 e. The highest BCUT2D eigenvalue weighted by molar-refractivity contribution is 6.32. The fourth-order valence-electron chi connectivity index (χ4n) is 1.27. The molecule has 1 fully saturated rings. The van der Waals surface area contributed by atoms with Crippen LogP contribution in [0, 0.1) is 0 Å². The Morgan fingerprint density at radius 2 is 2.08 bits per heavy atom. The summed E-state index contributed by atoms with van der Waals surface area (Å²) in [5.41, 5.74) is 6.71. The van der Waals surface area contributed by atoms with E-state index in [0.29, 0.717) is 16.2 Å². The zero-order valence-electron chi connectivity index (χ0n) is 6.30. The van der Waals surface area contributed by atoms with Crippen molar-refractivity contribution in [2.45, 2.75) is 18.4 Å². The molecular formula is C8H8Cl2N2. The van der Waals surface area contributed by atoms with Crippen molar-refractivity contribution < 1.29 is 0 Å². The van der Waals surface area contributed by atoms with Gasteiger partial charge in [0.25, 0.3) is 0 Å². The summed E-state index contributed by atoms with van der Waals surface area (Å²) in [6, 6.07) is 3.90. The van der Waals surface area contributed by atoms with Crippen molar-refractivity contribution in [3.8, 4) is 0 Å². The predicted octanol–water partition coefficient (Wildman–Crippen LogP) is 2.20. The number of nitrogens with zero attached hydrogens (tertiary/aromatic N) is 1. The summed E-state index contributed by atoms with van der Waals surface area (Å²) in [5.74, 6) is 0.391. The van der Waals surface area contributed by atoms with Crippen LogP contribution in [0.3, 0.4) is 0 Å². The monoisotopic (exact) mass is 202 g/mol. The zero-order valence-corrected chi connectivity index (χ0v) is 7.81. The molecule has 1 saturated carbocycles. The molecule has 0 amide bonds. The number of halogens is 2. The second-order valence-electron chi connectivity index (χ2n) is 3.02. The quantitative estimate of drug-likeness (QED) is 0.710. The Labute approximate surface area is 80.7 Å². The highest BCUT2D eigenvalue weighted by atomic mass is 35.5. The topological polar surface area (TPSA) is 38.9 Å². The predicted molar refractivity (Wildman–Crippen MR) is 49.6 cm³/mol. The lowest BCUT2D eigenvalue weighted by Gasteiger charge is -2.00. The van der Waals surface area contributed by atoms with Crippen molar-refractivity contribution in [1.82, 2.24) is 4.98 Å². The molecule has 2 unspecified atom stereocenters. The zero-order chi connectivity index (χ0) is 8.72. The highest BCUT2D eigenvalue weighted by Crippen LogP contribution is 2.41. The van der Waals surface area contributed by atoms with Gasteiger partial charge in [-0.3, -0.25) is 0 Å². The summed E-state index contributed by atoms with van der Waals surface area (Å²) in [5, 5.41) is 0.915. The first-order valence-electron chi connectivity index (χ1n) is 3.76. The molecule has 1 aromatic heterocycles. The Morgan fingerprint density at radius 3 is 2.58 bits per heavy atom. The molecular weight excluding hydrogens is 195 g/mol. The summed E-state index contributed by atoms with van der Waals surface area (Å²) in [7, 11) is 0. The molecule has 0 aliphatic heterocycles. The molecule has 0 bridgehead atoms. The first-order valence-corrected chi connectivity index (χ1v) is 4.51. The molecule has 0 saturated heterocycles. The first kappa shape index (κ1) is 8.30. The molecule has 1 heterocycles. The van der Waals surface area contributed by atoms with E-state index in [1.54, 1.807) is 6.07 Å². The van der Waals surface area contributed by atoms with Crippen LogP contribution < -0.4 is 5.73 Å². The van der Waals surface area contributed by atoms with Crippen LogP contribution in [0.15, 0.2) is 12.1 Å². The molecule has 64 valence electrons. The second-order valence-corrected chi connectivity index (χ2v) is 3.77. The standard InChI is InChI=1S/C8H8Cl2N2/c9-7-2-1-4(8(10)12-7)5-3-6(5)11/h1-2,5-6H,3,11H2. The van der Waals surface area contributed by atoms with E-state index in [0.717, 1.165) is 12.0 Å². The molecule has 1 aromatic rings. The van der Waals surface area contributed by atoms with Gasteiger partial charge in [0.2, 0.25) is 0 Å². The number of rotatable bonds is 1. The van der Waals surface area contributed by atoms with Crippen molar-refractivity contribution in [3.63, 3.8) is 0 Å². The third-order valence-corrected chi connectivity index (χ3v) is 2.60. The van der Waals surface area contributed by atoms with E-state index in [2.05, 4.69) is 4.98 Å². The van der Waals surface area contributed by atoms with Gasteiger partial charge in [0.1, 0.15) is 10.3 Å². The average Bonchev–Trinajstić information content (AvgIpc) is 2.66. The molecule has 0 aromatic carbocycles. The maximum atomic E-state index is 5.88. The molecule has 1 aliphatic rings. The number of aromatic nitrogens is 1. The van der Waals surface area contributed by atoms with Gasteiger partial charge in [0.05, 0.1) is 0 Å². The number of hydrogen-bond donors (Lipinski definition) is 1. The lowest BCUT2D eigenvalue weighted by atomic mass is 10.2. The van der Waals surface area contributed by atoms with Crippen molar-refractivity contribution in [1.29, 1.82) is 0 Å². The minimum atomic E-state index is 0.255. The maximum absolute atomic E-state index is 5.88. The van der Waals surface area contributed by atoms with Crippen LogP contribution in [0.5, 0.6) is 0 Å². The molecule has 4 heteroatoms. The Morgan fingerprint density at radius 1 is 1.42 bits per heavy atom. The van der Waals surface area contributed by atoms with Crippen molar-refractivity contribution in [2.24, 2.45) is 5.73 Å². The van der Waals surface area contributed by atoms with E-state index in [1.807, 2.05) is 6.07 Å². The fourth-order valence-corrected chi connectivity index (χ4v) is 1.76. The Hall–Kier alpha value is -0.310. The molecule has 12 heavy (non-hydrogen) atoms. The minimum Gasteiger partial charge on any atom is -0.327 e. The van der Waals surface area contributed by atoms with Crippen LogP contribution in [-0.2, 0) is 0 Å². The SMILES string of the molecule is NC1CC1c1ccc(Cl)nc1Cl. The van der Waals surface area contributed by atoms with Crippen LogP contribution in [0.2, 0.25) is 10.3 Å². The lowest BCUT2D eigenvalue weighted by molar-refractivity contribution is 0.981. The number of pyridine rings is 1. The van der Waals surface area contributed by atoms with Crippen LogP contribution in [-0.4, -0.2) is 11.0 Å². The highest BCUT2D eigenvalue weighted by Gasteiger charge is 2.36. The van der Waals surface area contributed by atoms with Gasteiger partial charge in [0, 0.05) is 12.0 Å². The second kappa shape index (κ2) is 2.87. The Balaban J connectivity index is 2.33. The van der Waals surface area contributed by atoms with Crippen LogP contribution in [0.25, 0.3) is 0 Å². The summed E-state index contributed by atoms with van der Waals surface area (Å²) < 4.78 is 0. The van der Waals surface area contributed by atoms with Gasteiger partial charge in [-0.1, -0.05) is 29.3 Å². The van der Waals surface area contributed by atoms with Crippen LogP contribution in [0.4, 0.5) is 0 Å². The molecule has 2 rings (SSSR count). The molecule has 1 aliphatic carbocycles. The number of hydrogen-bond acceptors (Lipinski definition) is 2. The normalized spacial score (nSPS) is 27.2. The number of nitrogens with two attached hydrogens (primary N) is 1. The van der Waals surface area contributed by atoms with Crippen molar-refractivity contribution in [3.05, 3.63) is 28.0 Å². The van der Waals surface area contributed by atoms with E-state index < -0.39 is 0 Å². The molecule has 0 radical (unpaired) electrons.